The fourth-order valence-corrected chi connectivity index (χ4v) is 4.11. The molecule has 1 amide bonds. The number of halogens is 1. The molecular weight excluding hydrogens is 332 g/mol. The average molecular weight is 353 g/mol. The lowest BCUT2D eigenvalue weighted by atomic mass is 9.78. The number of fused-ring (bicyclic) bond motifs is 1. The van der Waals surface area contributed by atoms with Crippen LogP contribution < -0.4 is 4.74 Å². The van der Waals surface area contributed by atoms with Crippen LogP contribution in [0.25, 0.3) is 0 Å². The quantitative estimate of drug-likeness (QED) is 0.610. The van der Waals surface area contributed by atoms with E-state index in [9.17, 15) is 14.9 Å². The minimum Gasteiger partial charge on any atom is -0.482 e. The van der Waals surface area contributed by atoms with Crippen LogP contribution in [0.2, 0.25) is 5.02 Å². The number of benzene rings is 1. The fourth-order valence-electron chi connectivity index (χ4n) is 3.88. The van der Waals surface area contributed by atoms with Crippen molar-refractivity contribution in [1.29, 1.82) is 0 Å². The first kappa shape index (κ1) is 17.0. The van der Waals surface area contributed by atoms with Crippen LogP contribution in [0, 0.1) is 16.0 Å². The van der Waals surface area contributed by atoms with Crippen molar-refractivity contribution in [3.05, 3.63) is 33.3 Å². The molecule has 1 saturated carbocycles. The Kier molecular flexibility index (Phi) is 5.23. The molecule has 0 aromatic heterocycles. The predicted octanol–water partition coefficient (Wildman–Crippen LogP) is 3.81. The van der Waals surface area contributed by atoms with Crippen molar-refractivity contribution in [2.45, 2.75) is 44.6 Å². The second kappa shape index (κ2) is 7.38. The summed E-state index contributed by atoms with van der Waals surface area (Å²) in [5.74, 6) is 0.897. The number of hydrogen-bond acceptors (Lipinski definition) is 4. The molecule has 0 radical (unpaired) electrons. The number of amides is 1. The van der Waals surface area contributed by atoms with E-state index in [2.05, 4.69) is 0 Å². The van der Waals surface area contributed by atoms with Gasteiger partial charge in [0.15, 0.2) is 6.61 Å². The predicted molar refractivity (Wildman–Crippen MR) is 90.3 cm³/mol. The van der Waals surface area contributed by atoms with Crippen molar-refractivity contribution in [1.82, 2.24) is 4.90 Å². The van der Waals surface area contributed by atoms with Gasteiger partial charge in [-0.15, -0.1) is 0 Å². The highest BCUT2D eigenvalue weighted by Crippen LogP contribution is 2.35. The Hall–Kier alpha value is -1.82. The molecule has 0 unspecified atom stereocenters. The van der Waals surface area contributed by atoms with Crippen molar-refractivity contribution in [3.8, 4) is 5.75 Å². The van der Waals surface area contributed by atoms with Crippen LogP contribution in [0.5, 0.6) is 5.75 Å². The number of nitro benzene ring substituents is 1. The normalized spacial score (nSPS) is 23.5. The largest absolute Gasteiger partial charge is 0.482 e. The van der Waals surface area contributed by atoms with Crippen LogP contribution in [0.15, 0.2) is 18.2 Å². The Balaban J connectivity index is 1.61. The van der Waals surface area contributed by atoms with Gasteiger partial charge in [-0.2, -0.15) is 0 Å². The van der Waals surface area contributed by atoms with E-state index in [0.717, 1.165) is 19.4 Å². The number of carbonyl (C=O) groups is 1. The maximum Gasteiger partial charge on any atom is 0.271 e. The van der Waals surface area contributed by atoms with Crippen LogP contribution in [0.3, 0.4) is 0 Å². The number of carbonyl (C=O) groups excluding carboxylic acids is 1. The van der Waals surface area contributed by atoms with Crippen LogP contribution in [0.4, 0.5) is 5.69 Å². The molecule has 7 heteroatoms. The summed E-state index contributed by atoms with van der Waals surface area (Å²) in [6.45, 7) is 0.706. The van der Waals surface area contributed by atoms with Crippen molar-refractivity contribution < 1.29 is 14.5 Å². The molecule has 1 aromatic carbocycles. The maximum absolute atomic E-state index is 12.6. The summed E-state index contributed by atoms with van der Waals surface area (Å²) in [6.07, 6.45) is 6.99. The first-order valence-electron chi connectivity index (χ1n) is 8.42. The summed E-state index contributed by atoms with van der Waals surface area (Å²) in [7, 11) is 0. The number of non-ortho nitro benzene ring substituents is 1. The molecule has 24 heavy (non-hydrogen) atoms. The summed E-state index contributed by atoms with van der Waals surface area (Å²) < 4.78 is 5.52. The van der Waals surface area contributed by atoms with Gasteiger partial charge in [-0.3, -0.25) is 14.9 Å². The standard InChI is InChI=1S/C17H21ClN2O4/c18-14-10-13(20(22)23)7-8-16(14)24-11-17(21)19-9-3-5-12-4-1-2-6-15(12)19/h7-8,10,12,15H,1-6,9,11H2/t12-,15+/m1/s1. The molecule has 1 aromatic rings. The Morgan fingerprint density at radius 2 is 2.04 bits per heavy atom. The van der Waals surface area contributed by atoms with Crippen molar-refractivity contribution in [3.63, 3.8) is 0 Å². The van der Waals surface area contributed by atoms with Gasteiger partial charge in [-0.05, 0) is 37.7 Å². The molecular formula is C17H21ClN2O4. The number of ether oxygens (including phenoxy) is 1. The Bertz CT molecular complexity index is 635. The van der Waals surface area contributed by atoms with Crippen LogP contribution in [-0.2, 0) is 4.79 Å². The van der Waals surface area contributed by atoms with E-state index in [0.29, 0.717) is 17.7 Å². The monoisotopic (exact) mass is 352 g/mol. The highest BCUT2D eigenvalue weighted by molar-refractivity contribution is 6.32. The third-order valence-corrected chi connectivity index (χ3v) is 5.34. The average Bonchev–Trinajstić information content (AvgIpc) is 2.59. The summed E-state index contributed by atoms with van der Waals surface area (Å²) in [5, 5.41) is 10.9. The first-order valence-corrected chi connectivity index (χ1v) is 8.80. The van der Waals surface area contributed by atoms with Gasteiger partial charge >= 0.3 is 0 Å². The molecule has 2 aliphatic rings. The number of piperidine rings is 1. The second-order valence-electron chi connectivity index (χ2n) is 6.50. The number of hydrogen-bond donors (Lipinski definition) is 0. The smallest absolute Gasteiger partial charge is 0.271 e. The Morgan fingerprint density at radius 1 is 1.29 bits per heavy atom. The molecule has 0 spiro atoms. The Morgan fingerprint density at radius 3 is 2.79 bits per heavy atom. The van der Waals surface area contributed by atoms with Crippen LogP contribution >= 0.6 is 11.6 Å². The van der Waals surface area contributed by atoms with Crippen molar-refractivity contribution in [2.24, 2.45) is 5.92 Å². The number of nitrogens with zero attached hydrogens (tertiary/aromatic N) is 2. The molecule has 1 aliphatic carbocycles. The highest BCUT2D eigenvalue weighted by atomic mass is 35.5. The molecule has 3 rings (SSSR count). The zero-order valence-corrected chi connectivity index (χ0v) is 14.2. The second-order valence-corrected chi connectivity index (χ2v) is 6.91. The summed E-state index contributed by atoms with van der Waals surface area (Å²) in [4.78, 5) is 24.7. The minimum atomic E-state index is -0.516. The lowest BCUT2D eigenvalue weighted by molar-refractivity contribution is -0.384. The van der Waals surface area contributed by atoms with E-state index >= 15 is 0 Å². The van der Waals surface area contributed by atoms with Crippen molar-refractivity contribution in [2.75, 3.05) is 13.2 Å². The lowest BCUT2D eigenvalue weighted by Crippen LogP contribution is -2.51. The van der Waals surface area contributed by atoms with Crippen molar-refractivity contribution >= 4 is 23.2 Å². The zero-order valence-electron chi connectivity index (χ0n) is 13.4. The molecule has 2 atom stereocenters. The molecule has 0 bridgehead atoms. The van der Waals surface area contributed by atoms with Gasteiger partial charge in [-0.25, -0.2) is 0 Å². The van der Waals surface area contributed by atoms with E-state index in [1.165, 1.54) is 43.9 Å². The van der Waals surface area contributed by atoms with E-state index in [1.807, 2.05) is 4.90 Å². The summed E-state index contributed by atoms with van der Waals surface area (Å²) in [5.41, 5.74) is -0.0974. The zero-order chi connectivity index (χ0) is 17.1. The molecule has 130 valence electrons. The molecule has 2 fully saturated rings. The van der Waals surface area contributed by atoms with E-state index < -0.39 is 4.92 Å². The molecule has 1 saturated heterocycles. The fraction of sp³-hybridized carbons (Fsp3) is 0.588. The topological polar surface area (TPSA) is 72.7 Å². The van der Waals surface area contributed by atoms with Gasteiger partial charge in [0, 0.05) is 24.7 Å². The van der Waals surface area contributed by atoms with Gasteiger partial charge in [0.2, 0.25) is 0 Å². The summed E-state index contributed by atoms with van der Waals surface area (Å²) >= 11 is 6.00. The van der Waals surface area contributed by atoms with E-state index in [4.69, 9.17) is 16.3 Å². The van der Waals surface area contributed by atoms with Gasteiger partial charge < -0.3 is 9.64 Å². The Labute approximate surface area is 145 Å². The van der Waals surface area contributed by atoms with Gasteiger partial charge in [0.25, 0.3) is 11.6 Å². The number of rotatable bonds is 4. The maximum atomic E-state index is 12.6. The number of likely N-dealkylation sites (tertiary alicyclic amines) is 1. The van der Waals surface area contributed by atoms with Gasteiger partial charge in [0.05, 0.1) is 9.95 Å². The van der Waals surface area contributed by atoms with Gasteiger partial charge in [-0.1, -0.05) is 24.4 Å². The number of nitro groups is 1. The summed E-state index contributed by atoms with van der Waals surface area (Å²) in [6, 6.07) is 4.34. The third kappa shape index (κ3) is 3.64. The minimum absolute atomic E-state index is 0.0268. The third-order valence-electron chi connectivity index (χ3n) is 5.04. The van der Waals surface area contributed by atoms with Crippen LogP contribution in [-0.4, -0.2) is 34.9 Å². The SMILES string of the molecule is O=C(COc1ccc([N+](=O)[O-])cc1Cl)N1CCC[C@H]2CCCC[C@@H]21. The lowest BCUT2D eigenvalue weighted by Gasteiger charge is -2.44. The molecule has 1 aliphatic heterocycles. The van der Waals surface area contributed by atoms with Gasteiger partial charge in [0.1, 0.15) is 5.75 Å². The molecule has 6 nitrogen and oxygen atoms in total. The molecule has 1 heterocycles. The highest BCUT2D eigenvalue weighted by Gasteiger charge is 2.35. The van der Waals surface area contributed by atoms with E-state index in [-0.39, 0.29) is 23.2 Å². The van der Waals surface area contributed by atoms with E-state index in [1.54, 1.807) is 0 Å². The van der Waals surface area contributed by atoms with Crippen LogP contribution in [0.1, 0.15) is 38.5 Å². The first-order chi connectivity index (χ1) is 11.6. The molecule has 0 N–H and O–H groups in total.